The van der Waals surface area contributed by atoms with Crippen LogP contribution in [0, 0.1) is 19.7 Å². The van der Waals surface area contributed by atoms with Crippen molar-refractivity contribution >= 4 is 10.9 Å². The second-order valence-corrected chi connectivity index (χ2v) is 7.80. The van der Waals surface area contributed by atoms with Gasteiger partial charge in [-0.25, -0.2) is 4.39 Å². The first-order chi connectivity index (χ1) is 15.5. The minimum absolute atomic E-state index is 0.162. The van der Waals surface area contributed by atoms with Crippen LogP contribution in [0.25, 0.3) is 22.0 Å². The van der Waals surface area contributed by atoms with Gasteiger partial charge in [0.1, 0.15) is 23.6 Å². The number of fused-ring (bicyclic) bond motifs is 1. The number of hydrogen-bond acceptors (Lipinski definition) is 3. The molecule has 3 heterocycles. The third-order valence-corrected chi connectivity index (χ3v) is 5.28. The van der Waals surface area contributed by atoms with Crippen molar-refractivity contribution in [1.29, 1.82) is 0 Å². The van der Waals surface area contributed by atoms with Crippen LogP contribution in [0.5, 0.6) is 11.5 Å². The van der Waals surface area contributed by atoms with Crippen molar-refractivity contribution < 1.29 is 22.3 Å². The SMILES string of the molecule is Cc1cc(F)cc(C)c1Oc1c(-c2cn(C)c(=O)c3[nH]ccc23)ccn(CC(F)(F)F)c1=O. The topological polar surface area (TPSA) is 69.0 Å². The number of halogens is 4. The van der Waals surface area contributed by atoms with Crippen molar-refractivity contribution in [2.75, 3.05) is 0 Å². The summed E-state index contributed by atoms with van der Waals surface area (Å²) in [7, 11) is 1.52. The highest BCUT2D eigenvalue weighted by atomic mass is 19.4. The Labute approximate surface area is 184 Å². The molecule has 0 aliphatic carbocycles. The van der Waals surface area contributed by atoms with Crippen LogP contribution in [0.2, 0.25) is 0 Å². The van der Waals surface area contributed by atoms with E-state index >= 15 is 0 Å². The van der Waals surface area contributed by atoms with Crippen molar-refractivity contribution in [2.45, 2.75) is 26.6 Å². The summed E-state index contributed by atoms with van der Waals surface area (Å²) in [5, 5.41) is 0.475. The number of nitrogens with one attached hydrogen (secondary N) is 1. The minimum Gasteiger partial charge on any atom is -0.450 e. The van der Waals surface area contributed by atoms with Gasteiger partial charge in [-0.1, -0.05) is 0 Å². The number of rotatable bonds is 4. The average molecular weight is 461 g/mol. The van der Waals surface area contributed by atoms with Crippen molar-refractivity contribution in [2.24, 2.45) is 7.05 Å². The van der Waals surface area contributed by atoms with E-state index in [9.17, 15) is 27.2 Å². The number of ether oxygens (including phenoxy) is 1. The van der Waals surface area contributed by atoms with E-state index in [0.717, 1.165) is 6.20 Å². The van der Waals surface area contributed by atoms with E-state index in [1.54, 1.807) is 26.1 Å². The number of pyridine rings is 2. The van der Waals surface area contributed by atoms with Gasteiger partial charge in [-0.05, 0) is 49.2 Å². The molecule has 172 valence electrons. The number of aromatic amines is 1. The minimum atomic E-state index is -4.63. The van der Waals surface area contributed by atoms with Gasteiger partial charge in [0.15, 0.2) is 0 Å². The number of aromatic nitrogens is 3. The maximum atomic E-state index is 13.8. The maximum Gasteiger partial charge on any atom is 0.406 e. The van der Waals surface area contributed by atoms with Crippen molar-refractivity contribution in [3.8, 4) is 22.6 Å². The quantitative estimate of drug-likeness (QED) is 0.444. The van der Waals surface area contributed by atoms with E-state index in [4.69, 9.17) is 4.74 Å². The molecule has 3 aromatic heterocycles. The van der Waals surface area contributed by atoms with E-state index in [1.807, 2.05) is 0 Å². The van der Waals surface area contributed by atoms with Crippen LogP contribution in [0.4, 0.5) is 17.6 Å². The number of hydrogen-bond donors (Lipinski definition) is 1. The zero-order valence-electron chi connectivity index (χ0n) is 17.9. The van der Waals surface area contributed by atoms with Gasteiger partial charge in [-0.2, -0.15) is 13.2 Å². The molecule has 4 rings (SSSR count). The molecule has 6 nitrogen and oxygen atoms in total. The third kappa shape index (κ3) is 4.15. The van der Waals surface area contributed by atoms with Crippen LogP contribution in [0.15, 0.2) is 52.4 Å². The zero-order chi connectivity index (χ0) is 24.1. The van der Waals surface area contributed by atoms with E-state index in [0.29, 0.717) is 26.6 Å². The fourth-order valence-corrected chi connectivity index (χ4v) is 3.83. The van der Waals surface area contributed by atoms with Crippen molar-refractivity contribution in [1.82, 2.24) is 14.1 Å². The van der Waals surface area contributed by atoms with Crippen LogP contribution in [0.1, 0.15) is 11.1 Å². The number of aryl methyl sites for hydroxylation is 3. The Balaban J connectivity index is 2.01. The van der Waals surface area contributed by atoms with Crippen molar-refractivity contribution in [3.63, 3.8) is 0 Å². The first-order valence-corrected chi connectivity index (χ1v) is 9.88. The highest BCUT2D eigenvalue weighted by molar-refractivity contribution is 5.95. The van der Waals surface area contributed by atoms with Gasteiger partial charge in [0.2, 0.25) is 5.75 Å². The zero-order valence-corrected chi connectivity index (χ0v) is 17.9. The Morgan fingerprint density at radius 2 is 1.67 bits per heavy atom. The Morgan fingerprint density at radius 1 is 1.00 bits per heavy atom. The molecule has 0 unspecified atom stereocenters. The van der Waals surface area contributed by atoms with Gasteiger partial charge in [-0.15, -0.1) is 0 Å². The van der Waals surface area contributed by atoms with Gasteiger partial charge in [0.05, 0.1) is 0 Å². The largest absolute Gasteiger partial charge is 0.450 e. The first-order valence-electron chi connectivity index (χ1n) is 9.88. The smallest absolute Gasteiger partial charge is 0.406 e. The van der Waals surface area contributed by atoms with Gasteiger partial charge in [0, 0.05) is 42.2 Å². The molecule has 0 aliphatic rings. The number of alkyl halides is 3. The van der Waals surface area contributed by atoms with Crippen LogP contribution in [-0.2, 0) is 13.6 Å². The number of nitrogens with zero attached hydrogens (tertiary/aromatic N) is 2. The molecular formula is C23H19F4N3O3. The second kappa shape index (κ2) is 7.95. The second-order valence-electron chi connectivity index (χ2n) is 7.80. The molecule has 0 saturated carbocycles. The lowest BCUT2D eigenvalue weighted by molar-refractivity contribution is -0.141. The lowest BCUT2D eigenvalue weighted by Gasteiger charge is -2.18. The van der Waals surface area contributed by atoms with Crippen LogP contribution in [0.3, 0.4) is 0 Å². The standard InChI is InChI=1S/C23H19F4N3O3/c1-12-8-14(24)9-13(2)19(12)33-20-16(5-7-30(22(20)32)11-23(25,26)27)17-10-29(3)21(31)18-15(17)4-6-28-18/h4-10,28H,11H2,1-3H3. The molecule has 0 amide bonds. The highest BCUT2D eigenvalue weighted by Crippen LogP contribution is 2.36. The highest BCUT2D eigenvalue weighted by Gasteiger charge is 2.30. The van der Waals surface area contributed by atoms with Crippen LogP contribution in [-0.4, -0.2) is 20.3 Å². The molecule has 1 aromatic carbocycles. The third-order valence-electron chi connectivity index (χ3n) is 5.28. The molecule has 0 bridgehead atoms. The van der Waals surface area contributed by atoms with Gasteiger partial charge < -0.3 is 18.9 Å². The van der Waals surface area contributed by atoms with Gasteiger partial charge in [0.25, 0.3) is 11.1 Å². The molecular weight excluding hydrogens is 442 g/mol. The summed E-state index contributed by atoms with van der Waals surface area (Å²) < 4.78 is 60.6. The fourth-order valence-electron chi connectivity index (χ4n) is 3.83. The lowest BCUT2D eigenvalue weighted by Crippen LogP contribution is -2.28. The molecule has 0 fully saturated rings. The predicted molar refractivity (Wildman–Crippen MR) is 115 cm³/mol. The van der Waals surface area contributed by atoms with E-state index in [1.165, 1.54) is 36.0 Å². The Kier molecular flexibility index (Phi) is 5.39. The Hall–Kier alpha value is -3.82. The van der Waals surface area contributed by atoms with E-state index < -0.39 is 24.1 Å². The average Bonchev–Trinajstić information content (AvgIpc) is 3.19. The summed E-state index contributed by atoms with van der Waals surface area (Å²) in [5.74, 6) is -0.706. The van der Waals surface area contributed by atoms with E-state index in [2.05, 4.69) is 4.98 Å². The summed E-state index contributed by atoms with van der Waals surface area (Å²) in [5.41, 5.74) is 0.309. The monoisotopic (exact) mass is 461 g/mol. The van der Waals surface area contributed by atoms with Crippen LogP contribution >= 0.6 is 0 Å². The first kappa shape index (κ1) is 22.4. The number of benzene rings is 1. The summed E-state index contributed by atoms with van der Waals surface area (Å²) in [6.45, 7) is 1.63. The molecule has 0 radical (unpaired) electrons. The molecule has 1 N–H and O–H groups in total. The normalized spacial score (nSPS) is 11.8. The fraction of sp³-hybridized carbons (Fsp3) is 0.217. The molecule has 0 atom stereocenters. The molecule has 0 saturated heterocycles. The predicted octanol–water partition coefficient (Wildman–Crippen LogP) is 4.81. The summed E-state index contributed by atoms with van der Waals surface area (Å²) in [4.78, 5) is 28.4. The Bertz CT molecular complexity index is 1470. The van der Waals surface area contributed by atoms with Gasteiger partial charge in [-0.3, -0.25) is 9.59 Å². The summed E-state index contributed by atoms with van der Waals surface area (Å²) in [6.07, 6.45) is -0.561. The summed E-state index contributed by atoms with van der Waals surface area (Å²) in [6, 6.07) is 5.37. The van der Waals surface area contributed by atoms with Crippen LogP contribution < -0.4 is 15.9 Å². The maximum absolute atomic E-state index is 13.8. The lowest BCUT2D eigenvalue weighted by atomic mass is 10.0. The molecule has 0 aliphatic heterocycles. The molecule has 0 spiro atoms. The Morgan fingerprint density at radius 3 is 2.30 bits per heavy atom. The number of H-pyrrole nitrogens is 1. The van der Waals surface area contributed by atoms with Crippen molar-refractivity contribution in [3.05, 3.63) is 80.5 Å². The van der Waals surface area contributed by atoms with E-state index in [-0.39, 0.29) is 28.1 Å². The molecule has 4 aromatic rings. The summed E-state index contributed by atoms with van der Waals surface area (Å²) >= 11 is 0. The molecule has 33 heavy (non-hydrogen) atoms. The van der Waals surface area contributed by atoms with Gasteiger partial charge >= 0.3 is 6.18 Å². The molecule has 10 heteroatoms.